The van der Waals surface area contributed by atoms with Gasteiger partial charge < -0.3 is 19.4 Å². The Morgan fingerprint density at radius 2 is 2.06 bits per heavy atom. The number of carbonyl (C=O) groups excluding carboxylic acids is 1. The average molecular weight is 465 g/mol. The molecule has 4 aromatic rings. The van der Waals surface area contributed by atoms with E-state index in [9.17, 15) is 4.79 Å². The van der Waals surface area contributed by atoms with E-state index in [2.05, 4.69) is 40.6 Å². The second-order valence-corrected chi connectivity index (χ2v) is 10.7. The first kappa shape index (κ1) is 22.1. The van der Waals surface area contributed by atoms with Gasteiger partial charge in [0.2, 0.25) is 5.91 Å². The number of hydrogen-bond donors (Lipinski definition) is 1. The fourth-order valence-electron chi connectivity index (χ4n) is 5.01. The summed E-state index contributed by atoms with van der Waals surface area (Å²) in [6, 6.07) is 4.14. The van der Waals surface area contributed by atoms with Gasteiger partial charge >= 0.3 is 0 Å². The van der Waals surface area contributed by atoms with Crippen molar-refractivity contribution in [2.24, 2.45) is 7.05 Å². The summed E-state index contributed by atoms with van der Waals surface area (Å²) in [5.41, 5.74) is 5.72. The molecule has 1 aliphatic rings. The highest BCUT2D eigenvalue weighted by atomic mass is 32.1. The molecule has 1 fully saturated rings. The first-order valence-electron chi connectivity index (χ1n) is 11.7. The Kier molecular flexibility index (Phi) is 5.74. The van der Waals surface area contributed by atoms with Gasteiger partial charge in [0.1, 0.15) is 16.0 Å². The quantitative estimate of drug-likeness (QED) is 0.470. The number of hydrogen-bond acceptors (Lipinski definition) is 5. The zero-order valence-corrected chi connectivity index (χ0v) is 20.9. The van der Waals surface area contributed by atoms with Crippen LogP contribution >= 0.6 is 11.3 Å². The summed E-state index contributed by atoms with van der Waals surface area (Å²) in [6.07, 6.45) is 5.97. The number of aromatic amines is 1. The Balaban J connectivity index is 1.45. The molecule has 0 unspecified atom stereocenters. The number of rotatable bonds is 5. The summed E-state index contributed by atoms with van der Waals surface area (Å²) in [6.45, 7) is 6.59. The molecule has 1 aliphatic heterocycles. The van der Waals surface area contributed by atoms with Gasteiger partial charge in [0.25, 0.3) is 0 Å². The predicted octanol–water partition coefficient (Wildman–Crippen LogP) is 4.57. The molecule has 0 radical (unpaired) electrons. The Bertz CT molecular complexity index is 1310. The van der Waals surface area contributed by atoms with Gasteiger partial charge in [-0.2, -0.15) is 0 Å². The highest BCUT2D eigenvalue weighted by Crippen LogP contribution is 2.42. The molecule has 1 saturated heterocycles. The fourth-order valence-corrected chi connectivity index (χ4v) is 6.16. The van der Waals surface area contributed by atoms with Gasteiger partial charge in [0, 0.05) is 55.0 Å². The number of aryl methyl sites for hydroxylation is 1. The van der Waals surface area contributed by atoms with Crippen LogP contribution < -0.4 is 0 Å². The minimum Gasteiger partial charge on any atom is -0.345 e. The summed E-state index contributed by atoms with van der Waals surface area (Å²) in [5.74, 6) is 0.992. The van der Waals surface area contributed by atoms with E-state index in [1.54, 1.807) is 11.3 Å². The van der Waals surface area contributed by atoms with E-state index in [0.29, 0.717) is 18.4 Å². The normalized spacial score (nSPS) is 15.5. The van der Waals surface area contributed by atoms with Crippen molar-refractivity contribution in [2.75, 3.05) is 33.7 Å². The summed E-state index contributed by atoms with van der Waals surface area (Å²) in [4.78, 5) is 30.9. The van der Waals surface area contributed by atoms with Crippen LogP contribution in [0.25, 0.3) is 32.6 Å². The molecule has 5 rings (SSSR count). The molecule has 1 amide bonds. The third-order valence-corrected chi connectivity index (χ3v) is 7.77. The highest BCUT2D eigenvalue weighted by molar-refractivity contribution is 7.18. The minimum atomic E-state index is 0.223. The number of likely N-dealkylation sites (N-methyl/N-ethyl adjacent to an activating group) is 1. The molecule has 8 heteroatoms. The lowest BCUT2D eigenvalue weighted by molar-refractivity contribution is -0.132. The largest absolute Gasteiger partial charge is 0.345 e. The number of likely N-dealkylation sites (tertiary alicyclic amines) is 1. The zero-order valence-electron chi connectivity index (χ0n) is 20.1. The summed E-state index contributed by atoms with van der Waals surface area (Å²) >= 11 is 1.78. The van der Waals surface area contributed by atoms with Crippen LogP contribution in [0.1, 0.15) is 49.1 Å². The second-order valence-electron chi connectivity index (χ2n) is 9.72. The number of aromatic nitrogens is 4. The van der Waals surface area contributed by atoms with Crippen LogP contribution in [0, 0.1) is 0 Å². The molecule has 174 valence electrons. The average Bonchev–Trinajstić information content (AvgIpc) is 3.44. The van der Waals surface area contributed by atoms with Crippen molar-refractivity contribution in [3.8, 4) is 11.3 Å². The molecular formula is C25H32N6OS. The number of thiazole rings is 1. The first-order chi connectivity index (χ1) is 15.8. The number of piperidine rings is 1. The smallest absolute Gasteiger partial charge is 0.236 e. The van der Waals surface area contributed by atoms with Crippen LogP contribution in [0.4, 0.5) is 0 Å². The van der Waals surface area contributed by atoms with Crippen molar-refractivity contribution in [3.63, 3.8) is 0 Å². The molecule has 0 atom stereocenters. The Hall–Kier alpha value is -2.71. The number of H-pyrrole nitrogens is 1. The van der Waals surface area contributed by atoms with Crippen molar-refractivity contribution in [1.82, 2.24) is 29.3 Å². The molecule has 1 N–H and O–H groups in total. The number of nitrogens with zero attached hydrogens (tertiary/aromatic N) is 5. The Morgan fingerprint density at radius 1 is 1.30 bits per heavy atom. The lowest BCUT2D eigenvalue weighted by Crippen LogP contribution is -2.42. The van der Waals surface area contributed by atoms with Crippen LogP contribution in [-0.2, 0) is 11.8 Å². The van der Waals surface area contributed by atoms with Crippen molar-refractivity contribution in [1.29, 1.82) is 0 Å². The third-order valence-electron chi connectivity index (χ3n) is 6.64. The van der Waals surface area contributed by atoms with Crippen LogP contribution in [0.2, 0.25) is 0 Å². The molecule has 4 aromatic heterocycles. The lowest BCUT2D eigenvalue weighted by atomic mass is 9.97. The Labute approximate surface area is 198 Å². The zero-order chi connectivity index (χ0) is 23.3. The molecular weight excluding hydrogens is 432 g/mol. The fraction of sp³-hybridized carbons (Fsp3) is 0.480. The maximum Gasteiger partial charge on any atom is 0.236 e. The van der Waals surface area contributed by atoms with Gasteiger partial charge in [-0.05, 0) is 45.0 Å². The number of fused-ring (bicyclic) bond motifs is 2. The number of nitrogens with one attached hydrogen (secondary N) is 1. The SMILES string of the molecule is CC(C)c1c(-c2cn(C)c3ncccc23)[nH]c2sc(C3CCN(C(=O)CN(C)C)CC3)nc12. The van der Waals surface area contributed by atoms with E-state index in [-0.39, 0.29) is 5.91 Å². The molecule has 5 heterocycles. The van der Waals surface area contributed by atoms with Crippen molar-refractivity contribution < 1.29 is 4.79 Å². The van der Waals surface area contributed by atoms with Crippen molar-refractivity contribution in [2.45, 2.75) is 38.5 Å². The predicted molar refractivity (Wildman–Crippen MR) is 135 cm³/mol. The standard InChI is InChI=1S/C25H32N6OS/c1-15(2)20-21(18-13-30(5)23-17(18)7-6-10-26-23)27-25-22(20)28-24(33-25)16-8-11-31(12-9-16)19(32)14-29(3)4/h6-7,10,13,15-16,27H,8-9,11-12,14H2,1-5H3. The van der Waals surface area contributed by atoms with Crippen LogP contribution in [0.15, 0.2) is 24.5 Å². The molecule has 0 aromatic carbocycles. The van der Waals surface area contributed by atoms with Crippen molar-refractivity contribution in [3.05, 3.63) is 35.1 Å². The number of amides is 1. The van der Waals surface area contributed by atoms with Gasteiger partial charge in [-0.3, -0.25) is 4.79 Å². The summed E-state index contributed by atoms with van der Waals surface area (Å²) < 4.78 is 2.09. The Morgan fingerprint density at radius 3 is 2.76 bits per heavy atom. The topological polar surface area (TPSA) is 70.1 Å². The highest BCUT2D eigenvalue weighted by Gasteiger charge is 2.28. The third kappa shape index (κ3) is 3.95. The van der Waals surface area contributed by atoms with Gasteiger partial charge in [0.15, 0.2) is 0 Å². The van der Waals surface area contributed by atoms with Gasteiger partial charge in [-0.1, -0.05) is 13.8 Å². The first-order valence-corrected chi connectivity index (χ1v) is 12.5. The van der Waals surface area contributed by atoms with Crippen molar-refractivity contribution >= 4 is 38.6 Å². The number of pyridine rings is 1. The van der Waals surface area contributed by atoms with E-state index >= 15 is 0 Å². The van der Waals surface area contributed by atoms with Gasteiger partial charge in [0.05, 0.1) is 17.2 Å². The molecule has 7 nitrogen and oxygen atoms in total. The van der Waals surface area contributed by atoms with Crippen LogP contribution in [-0.4, -0.2) is 69.0 Å². The molecule has 0 spiro atoms. The summed E-state index contributed by atoms with van der Waals surface area (Å²) in [5, 5.41) is 2.36. The van der Waals surface area contributed by atoms with Crippen LogP contribution in [0.5, 0.6) is 0 Å². The van der Waals surface area contributed by atoms with E-state index in [1.807, 2.05) is 43.2 Å². The second kappa shape index (κ2) is 8.57. The number of carbonyl (C=O) groups is 1. The maximum absolute atomic E-state index is 12.4. The van der Waals surface area contributed by atoms with E-state index in [0.717, 1.165) is 53.0 Å². The molecule has 0 bridgehead atoms. The van der Waals surface area contributed by atoms with Gasteiger partial charge in [-0.15, -0.1) is 11.3 Å². The van der Waals surface area contributed by atoms with E-state index in [4.69, 9.17) is 4.98 Å². The lowest BCUT2D eigenvalue weighted by Gasteiger charge is -2.31. The summed E-state index contributed by atoms with van der Waals surface area (Å²) in [7, 11) is 5.93. The van der Waals surface area contributed by atoms with Gasteiger partial charge in [-0.25, -0.2) is 9.97 Å². The monoisotopic (exact) mass is 464 g/mol. The maximum atomic E-state index is 12.4. The molecule has 0 aliphatic carbocycles. The van der Waals surface area contributed by atoms with E-state index < -0.39 is 0 Å². The molecule has 33 heavy (non-hydrogen) atoms. The molecule has 0 saturated carbocycles. The van der Waals surface area contributed by atoms with E-state index in [1.165, 1.54) is 16.1 Å². The van der Waals surface area contributed by atoms with Crippen LogP contribution in [0.3, 0.4) is 0 Å². The minimum absolute atomic E-state index is 0.223.